The molecule has 2 N–H and O–H groups in total. The molecule has 2 heterocycles. The van der Waals surface area contributed by atoms with E-state index in [-0.39, 0.29) is 11.9 Å². The SMILES string of the molecule is CCCC(N)C(=O)N1CCN(c2nc(C)ns2)CC1. The summed E-state index contributed by atoms with van der Waals surface area (Å²) >= 11 is 1.42. The summed E-state index contributed by atoms with van der Waals surface area (Å²) in [6.45, 7) is 6.98. The molecule has 1 atom stereocenters. The normalized spacial score (nSPS) is 17.6. The molecule has 19 heavy (non-hydrogen) atoms. The van der Waals surface area contributed by atoms with Gasteiger partial charge < -0.3 is 15.5 Å². The number of carbonyl (C=O) groups excluding carboxylic acids is 1. The molecule has 0 aliphatic carbocycles. The van der Waals surface area contributed by atoms with Gasteiger partial charge in [-0.25, -0.2) is 4.98 Å². The van der Waals surface area contributed by atoms with Crippen LogP contribution >= 0.6 is 11.5 Å². The van der Waals surface area contributed by atoms with Crippen molar-refractivity contribution in [1.82, 2.24) is 14.3 Å². The summed E-state index contributed by atoms with van der Waals surface area (Å²) in [4.78, 5) is 20.5. The highest BCUT2D eigenvalue weighted by molar-refractivity contribution is 7.09. The molecule has 1 amide bonds. The molecule has 0 radical (unpaired) electrons. The number of piperazine rings is 1. The lowest BCUT2D eigenvalue weighted by atomic mass is 10.1. The van der Waals surface area contributed by atoms with Gasteiger partial charge in [0.15, 0.2) is 0 Å². The number of aryl methyl sites for hydroxylation is 1. The van der Waals surface area contributed by atoms with Crippen LogP contribution in [0, 0.1) is 6.92 Å². The average molecular weight is 283 g/mol. The summed E-state index contributed by atoms with van der Waals surface area (Å²) in [5.74, 6) is 0.887. The quantitative estimate of drug-likeness (QED) is 0.877. The minimum absolute atomic E-state index is 0.0787. The molecule has 6 nitrogen and oxygen atoms in total. The van der Waals surface area contributed by atoms with Gasteiger partial charge in [-0.1, -0.05) is 13.3 Å². The summed E-state index contributed by atoms with van der Waals surface area (Å²) in [7, 11) is 0. The summed E-state index contributed by atoms with van der Waals surface area (Å²) in [5, 5.41) is 0.947. The third-order valence-electron chi connectivity index (χ3n) is 3.30. The van der Waals surface area contributed by atoms with Crippen molar-refractivity contribution in [3.05, 3.63) is 5.82 Å². The van der Waals surface area contributed by atoms with Crippen LogP contribution in [0.1, 0.15) is 25.6 Å². The Morgan fingerprint density at radius 3 is 2.63 bits per heavy atom. The number of hydrogen-bond donors (Lipinski definition) is 1. The van der Waals surface area contributed by atoms with Gasteiger partial charge in [-0.3, -0.25) is 4.79 Å². The second-order valence-electron chi connectivity index (χ2n) is 4.83. The highest BCUT2D eigenvalue weighted by Gasteiger charge is 2.25. The zero-order valence-corrected chi connectivity index (χ0v) is 12.3. The number of carbonyl (C=O) groups is 1. The Morgan fingerprint density at radius 2 is 2.11 bits per heavy atom. The fourth-order valence-electron chi connectivity index (χ4n) is 2.20. The maximum absolute atomic E-state index is 12.1. The summed E-state index contributed by atoms with van der Waals surface area (Å²) < 4.78 is 4.19. The van der Waals surface area contributed by atoms with Gasteiger partial charge in [0, 0.05) is 37.7 Å². The van der Waals surface area contributed by atoms with Crippen molar-refractivity contribution < 1.29 is 4.79 Å². The number of nitrogens with two attached hydrogens (primary N) is 1. The predicted octanol–water partition coefficient (Wildman–Crippen LogP) is 0.623. The zero-order chi connectivity index (χ0) is 13.8. The Morgan fingerprint density at radius 1 is 1.42 bits per heavy atom. The van der Waals surface area contributed by atoms with E-state index in [4.69, 9.17) is 5.73 Å². The van der Waals surface area contributed by atoms with Crippen molar-refractivity contribution in [2.45, 2.75) is 32.7 Å². The average Bonchev–Trinajstić information content (AvgIpc) is 2.85. The summed E-state index contributed by atoms with van der Waals surface area (Å²) in [6.07, 6.45) is 1.70. The van der Waals surface area contributed by atoms with E-state index in [1.54, 1.807) is 0 Å². The molecule has 1 aliphatic rings. The summed E-state index contributed by atoms with van der Waals surface area (Å²) in [5.41, 5.74) is 5.88. The first-order chi connectivity index (χ1) is 9.11. The number of anilines is 1. The van der Waals surface area contributed by atoms with Crippen molar-refractivity contribution in [2.75, 3.05) is 31.1 Å². The lowest BCUT2D eigenvalue weighted by molar-refractivity contribution is -0.133. The lowest BCUT2D eigenvalue weighted by Crippen LogP contribution is -2.53. The Hall–Kier alpha value is -1.21. The molecule has 1 aliphatic heterocycles. The highest BCUT2D eigenvalue weighted by atomic mass is 32.1. The van der Waals surface area contributed by atoms with Crippen LogP contribution in [0.5, 0.6) is 0 Å². The molecule has 2 rings (SSSR count). The number of hydrogen-bond acceptors (Lipinski definition) is 6. The van der Waals surface area contributed by atoms with E-state index < -0.39 is 0 Å². The Balaban J connectivity index is 1.87. The topological polar surface area (TPSA) is 75.4 Å². The zero-order valence-electron chi connectivity index (χ0n) is 11.5. The van der Waals surface area contributed by atoms with Gasteiger partial charge in [0.05, 0.1) is 6.04 Å². The Labute approximate surface area is 117 Å². The minimum atomic E-state index is -0.347. The van der Waals surface area contributed by atoms with Crippen LogP contribution in [0.15, 0.2) is 0 Å². The first-order valence-corrected chi connectivity index (χ1v) is 7.48. The third-order valence-corrected chi connectivity index (χ3v) is 4.16. The molecule has 0 saturated carbocycles. The molecule has 0 spiro atoms. The second-order valence-corrected chi connectivity index (χ2v) is 5.56. The number of aromatic nitrogens is 2. The van der Waals surface area contributed by atoms with Crippen LogP contribution in [-0.2, 0) is 4.79 Å². The largest absolute Gasteiger partial charge is 0.343 e. The molecule has 7 heteroatoms. The second kappa shape index (κ2) is 6.29. The first kappa shape index (κ1) is 14.2. The van der Waals surface area contributed by atoms with E-state index in [9.17, 15) is 4.79 Å². The van der Waals surface area contributed by atoms with E-state index in [1.807, 2.05) is 18.7 Å². The molecular weight excluding hydrogens is 262 g/mol. The van der Waals surface area contributed by atoms with Gasteiger partial charge in [-0.15, -0.1) is 0 Å². The van der Waals surface area contributed by atoms with E-state index >= 15 is 0 Å². The molecule has 1 fully saturated rings. The smallest absolute Gasteiger partial charge is 0.239 e. The van der Waals surface area contributed by atoms with E-state index in [0.717, 1.165) is 50.0 Å². The van der Waals surface area contributed by atoms with Crippen LogP contribution in [0.3, 0.4) is 0 Å². The summed E-state index contributed by atoms with van der Waals surface area (Å²) in [6, 6.07) is -0.347. The van der Waals surface area contributed by atoms with Crippen LogP contribution in [0.2, 0.25) is 0 Å². The highest BCUT2D eigenvalue weighted by Crippen LogP contribution is 2.18. The molecule has 1 unspecified atom stereocenters. The lowest BCUT2D eigenvalue weighted by Gasteiger charge is -2.35. The molecule has 0 aromatic carbocycles. The maximum atomic E-state index is 12.1. The molecular formula is C12H21N5OS. The fourth-order valence-corrected chi connectivity index (χ4v) is 2.93. The van der Waals surface area contributed by atoms with Crippen molar-refractivity contribution >= 4 is 22.6 Å². The van der Waals surface area contributed by atoms with Crippen molar-refractivity contribution in [2.24, 2.45) is 5.73 Å². The fraction of sp³-hybridized carbons (Fsp3) is 0.750. The monoisotopic (exact) mass is 283 g/mol. The minimum Gasteiger partial charge on any atom is -0.343 e. The van der Waals surface area contributed by atoms with Gasteiger partial charge in [-0.2, -0.15) is 4.37 Å². The van der Waals surface area contributed by atoms with Crippen LogP contribution in [-0.4, -0.2) is 52.4 Å². The van der Waals surface area contributed by atoms with Gasteiger partial charge in [0.2, 0.25) is 11.0 Å². The Bertz CT molecular complexity index is 428. The van der Waals surface area contributed by atoms with Crippen LogP contribution in [0.4, 0.5) is 5.13 Å². The van der Waals surface area contributed by atoms with E-state index in [0.29, 0.717) is 0 Å². The number of amides is 1. The molecule has 106 valence electrons. The first-order valence-electron chi connectivity index (χ1n) is 6.71. The molecule has 1 aromatic rings. The van der Waals surface area contributed by atoms with E-state index in [2.05, 4.69) is 14.3 Å². The predicted molar refractivity (Wildman–Crippen MR) is 76.3 cm³/mol. The number of nitrogens with zero attached hydrogens (tertiary/aromatic N) is 4. The van der Waals surface area contributed by atoms with Crippen molar-refractivity contribution in [1.29, 1.82) is 0 Å². The van der Waals surface area contributed by atoms with Gasteiger partial charge in [0.25, 0.3) is 0 Å². The molecule has 1 saturated heterocycles. The van der Waals surface area contributed by atoms with Gasteiger partial charge >= 0.3 is 0 Å². The van der Waals surface area contributed by atoms with E-state index in [1.165, 1.54) is 11.5 Å². The van der Waals surface area contributed by atoms with Crippen LogP contribution < -0.4 is 10.6 Å². The maximum Gasteiger partial charge on any atom is 0.239 e. The standard InChI is InChI=1S/C12H21N5OS/c1-3-4-10(13)11(18)16-5-7-17(8-6-16)12-14-9(2)15-19-12/h10H,3-8,13H2,1-2H3. The van der Waals surface area contributed by atoms with Gasteiger partial charge in [-0.05, 0) is 13.3 Å². The molecule has 0 bridgehead atoms. The van der Waals surface area contributed by atoms with Crippen LogP contribution in [0.25, 0.3) is 0 Å². The third kappa shape index (κ3) is 3.42. The van der Waals surface area contributed by atoms with Gasteiger partial charge in [0.1, 0.15) is 5.82 Å². The number of rotatable bonds is 4. The Kier molecular flexibility index (Phi) is 4.71. The van der Waals surface area contributed by atoms with Crippen molar-refractivity contribution in [3.63, 3.8) is 0 Å². The molecule has 1 aromatic heterocycles. The van der Waals surface area contributed by atoms with Crippen molar-refractivity contribution in [3.8, 4) is 0 Å².